The van der Waals surface area contributed by atoms with Crippen LogP contribution in [0.3, 0.4) is 0 Å². The van der Waals surface area contributed by atoms with Gasteiger partial charge in [-0.2, -0.15) is 0 Å². The van der Waals surface area contributed by atoms with Gasteiger partial charge in [0.2, 0.25) is 5.82 Å². The van der Waals surface area contributed by atoms with Crippen LogP contribution in [-0.4, -0.2) is 44.1 Å². The molecule has 3 aromatic rings. The number of nitrogens with two attached hydrogens (primary N) is 1. The van der Waals surface area contributed by atoms with Gasteiger partial charge in [-0.15, -0.1) is 0 Å². The van der Waals surface area contributed by atoms with Crippen LogP contribution in [0.5, 0.6) is 0 Å². The molecule has 1 amide bonds. The van der Waals surface area contributed by atoms with Gasteiger partial charge in [0, 0.05) is 12.1 Å². The lowest BCUT2D eigenvalue weighted by atomic mass is 9.95. The first-order valence-electron chi connectivity index (χ1n) is 10.3. The maximum absolute atomic E-state index is 12.8. The lowest BCUT2D eigenvalue weighted by Gasteiger charge is -2.21. The monoisotopic (exact) mass is 448 g/mol. The summed E-state index contributed by atoms with van der Waals surface area (Å²) >= 11 is 0. The molecule has 0 aliphatic rings. The van der Waals surface area contributed by atoms with E-state index >= 15 is 0 Å². The molecule has 9 heteroatoms. The maximum Gasteiger partial charge on any atom is 0.374 e. The molecule has 0 aliphatic heterocycles. The van der Waals surface area contributed by atoms with Crippen molar-refractivity contribution in [2.45, 2.75) is 25.8 Å². The Labute approximate surface area is 190 Å². The minimum Gasteiger partial charge on any atom is -0.481 e. The van der Waals surface area contributed by atoms with E-state index in [0.717, 1.165) is 16.7 Å². The largest absolute Gasteiger partial charge is 0.481 e. The fourth-order valence-electron chi connectivity index (χ4n) is 3.41. The number of carbonyl (C=O) groups is 3. The summed E-state index contributed by atoms with van der Waals surface area (Å²) in [5.41, 5.74) is 8.42. The van der Waals surface area contributed by atoms with Gasteiger partial charge in [-0.05, 0) is 29.5 Å². The van der Waals surface area contributed by atoms with Crippen LogP contribution in [0.1, 0.15) is 40.0 Å². The third-order valence-electron chi connectivity index (χ3n) is 5.11. The highest BCUT2D eigenvalue weighted by atomic mass is 16.4. The molecule has 3 rings (SSSR count). The second-order valence-corrected chi connectivity index (χ2v) is 7.72. The number of aliphatic carboxylic acids is 1. The number of aromatic carboxylic acids is 1. The molecule has 0 bridgehead atoms. The van der Waals surface area contributed by atoms with Crippen LogP contribution in [0.25, 0.3) is 11.1 Å². The normalized spacial score (nSPS) is 12.5. The molecule has 2 unspecified atom stereocenters. The van der Waals surface area contributed by atoms with Gasteiger partial charge in [0.15, 0.2) is 0 Å². The molecule has 1 heterocycles. The Bertz CT molecular complexity index is 1150. The summed E-state index contributed by atoms with van der Waals surface area (Å²) in [4.78, 5) is 42.6. The number of aromatic nitrogens is 2. The van der Waals surface area contributed by atoms with E-state index in [9.17, 15) is 19.5 Å². The molecule has 170 valence electrons. The Hall–Kier alpha value is -4.27. The van der Waals surface area contributed by atoms with E-state index in [4.69, 9.17) is 10.8 Å². The number of hydrogen-bond acceptors (Lipinski definition) is 6. The Kier molecular flexibility index (Phi) is 7.34. The first kappa shape index (κ1) is 23.4. The van der Waals surface area contributed by atoms with Crippen LogP contribution >= 0.6 is 0 Å². The molecule has 33 heavy (non-hydrogen) atoms. The van der Waals surface area contributed by atoms with Crippen LogP contribution in [0.2, 0.25) is 0 Å². The summed E-state index contributed by atoms with van der Waals surface area (Å²) in [6.07, 6.45) is 0.554. The number of benzene rings is 2. The highest BCUT2D eigenvalue weighted by Gasteiger charge is 2.23. The molecule has 0 fully saturated rings. The quantitative estimate of drug-likeness (QED) is 0.389. The predicted molar refractivity (Wildman–Crippen MR) is 122 cm³/mol. The number of carboxylic acids is 2. The zero-order valence-corrected chi connectivity index (χ0v) is 17.9. The topological polar surface area (TPSA) is 156 Å². The van der Waals surface area contributed by atoms with Gasteiger partial charge >= 0.3 is 11.9 Å². The molecule has 0 saturated carbocycles. The molecule has 0 radical (unpaired) electrons. The summed E-state index contributed by atoms with van der Waals surface area (Å²) in [6.45, 7) is 1.56. The van der Waals surface area contributed by atoms with Gasteiger partial charge in [0.05, 0.1) is 5.92 Å². The molecule has 1 aromatic heterocycles. The van der Waals surface area contributed by atoms with Crippen LogP contribution in [0.4, 0.5) is 5.82 Å². The highest BCUT2D eigenvalue weighted by Crippen LogP contribution is 2.21. The minimum atomic E-state index is -1.41. The summed E-state index contributed by atoms with van der Waals surface area (Å²) in [6, 6.07) is 18.3. The lowest BCUT2D eigenvalue weighted by Crippen LogP contribution is -2.39. The van der Waals surface area contributed by atoms with Crippen molar-refractivity contribution in [2.24, 2.45) is 5.92 Å². The van der Waals surface area contributed by atoms with E-state index < -0.39 is 35.6 Å². The van der Waals surface area contributed by atoms with E-state index in [-0.39, 0.29) is 17.9 Å². The molecular formula is C24H24N4O5. The average Bonchev–Trinajstić information content (AvgIpc) is 2.79. The summed E-state index contributed by atoms with van der Waals surface area (Å²) in [7, 11) is 0. The Morgan fingerprint density at radius 3 is 2.21 bits per heavy atom. The van der Waals surface area contributed by atoms with Gasteiger partial charge in [0.1, 0.15) is 11.5 Å². The molecule has 9 nitrogen and oxygen atoms in total. The molecular weight excluding hydrogens is 424 g/mol. The number of rotatable bonds is 9. The Morgan fingerprint density at radius 1 is 0.970 bits per heavy atom. The summed E-state index contributed by atoms with van der Waals surface area (Å²) in [5, 5.41) is 21.2. The number of anilines is 1. The van der Waals surface area contributed by atoms with Gasteiger partial charge in [0.25, 0.3) is 5.91 Å². The number of carboxylic acid groups (broad SMARTS) is 2. The SMILES string of the molecule is CC(CC(Cc1ccc(-c2ccccc2)cc1)NC(=O)c1cc(N)nc(C(=O)O)n1)C(=O)O. The number of amides is 1. The third kappa shape index (κ3) is 6.36. The van der Waals surface area contributed by atoms with Crippen molar-refractivity contribution in [3.8, 4) is 11.1 Å². The van der Waals surface area contributed by atoms with Gasteiger partial charge < -0.3 is 21.3 Å². The van der Waals surface area contributed by atoms with E-state index in [1.165, 1.54) is 6.07 Å². The van der Waals surface area contributed by atoms with Crippen molar-refractivity contribution in [3.63, 3.8) is 0 Å². The second-order valence-electron chi connectivity index (χ2n) is 7.72. The molecule has 2 atom stereocenters. The zero-order chi connectivity index (χ0) is 24.0. The van der Waals surface area contributed by atoms with Crippen molar-refractivity contribution in [3.05, 3.63) is 77.7 Å². The number of nitrogens with zero attached hydrogens (tertiary/aromatic N) is 2. The standard InChI is InChI=1S/C24H24N4O5/c1-14(23(30)31)11-18(26-22(29)19-13-20(25)28-21(27-19)24(32)33)12-15-7-9-17(10-8-15)16-5-3-2-4-6-16/h2-10,13-14,18H,11-12H2,1H3,(H,26,29)(H,30,31)(H,32,33)(H2,25,27,28). The molecule has 0 saturated heterocycles. The average molecular weight is 448 g/mol. The molecule has 0 aliphatic carbocycles. The van der Waals surface area contributed by atoms with Crippen molar-refractivity contribution >= 4 is 23.7 Å². The maximum atomic E-state index is 12.8. The molecule has 0 spiro atoms. The Balaban J connectivity index is 1.79. The molecule has 2 aromatic carbocycles. The number of hydrogen-bond donors (Lipinski definition) is 4. The number of nitrogen functional groups attached to an aromatic ring is 1. The van der Waals surface area contributed by atoms with Crippen molar-refractivity contribution < 1.29 is 24.6 Å². The summed E-state index contributed by atoms with van der Waals surface area (Å²) in [5.74, 6) is -4.50. The van der Waals surface area contributed by atoms with Gasteiger partial charge in [-0.1, -0.05) is 61.5 Å². The van der Waals surface area contributed by atoms with Crippen LogP contribution in [0, 0.1) is 5.92 Å². The van der Waals surface area contributed by atoms with Crippen molar-refractivity contribution in [1.29, 1.82) is 0 Å². The number of carbonyl (C=O) groups excluding carboxylic acids is 1. The van der Waals surface area contributed by atoms with E-state index in [1.807, 2.05) is 54.6 Å². The smallest absolute Gasteiger partial charge is 0.374 e. The Morgan fingerprint density at radius 2 is 1.61 bits per heavy atom. The second kappa shape index (κ2) is 10.4. The number of nitrogens with one attached hydrogen (secondary N) is 1. The predicted octanol–water partition coefficient (Wildman–Crippen LogP) is 2.88. The van der Waals surface area contributed by atoms with Crippen LogP contribution < -0.4 is 11.1 Å². The highest BCUT2D eigenvalue weighted by molar-refractivity contribution is 5.94. The summed E-state index contributed by atoms with van der Waals surface area (Å²) < 4.78 is 0. The fraction of sp³-hybridized carbons (Fsp3) is 0.208. The van der Waals surface area contributed by atoms with Crippen molar-refractivity contribution in [2.75, 3.05) is 5.73 Å². The van der Waals surface area contributed by atoms with Crippen molar-refractivity contribution in [1.82, 2.24) is 15.3 Å². The first-order valence-corrected chi connectivity index (χ1v) is 10.3. The fourth-order valence-corrected chi connectivity index (χ4v) is 3.41. The van der Waals surface area contributed by atoms with E-state index in [0.29, 0.717) is 6.42 Å². The van der Waals surface area contributed by atoms with Gasteiger partial charge in [-0.25, -0.2) is 14.8 Å². The van der Waals surface area contributed by atoms with E-state index in [2.05, 4.69) is 15.3 Å². The van der Waals surface area contributed by atoms with Gasteiger partial charge in [-0.3, -0.25) is 9.59 Å². The first-order chi connectivity index (χ1) is 15.7. The zero-order valence-electron chi connectivity index (χ0n) is 17.9. The lowest BCUT2D eigenvalue weighted by molar-refractivity contribution is -0.141. The van der Waals surface area contributed by atoms with E-state index in [1.54, 1.807) is 6.92 Å². The minimum absolute atomic E-state index is 0.153. The van der Waals surface area contributed by atoms with Crippen LogP contribution in [0.15, 0.2) is 60.7 Å². The van der Waals surface area contributed by atoms with Crippen LogP contribution in [-0.2, 0) is 11.2 Å². The third-order valence-corrected chi connectivity index (χ3v) is 5.11. The molecule has 5 N–H and O–H groups in total.